The van der Waals surface area contributed by atoms with E-state index in [1.54, 1.807) is 6.07 Å². The summed E-state index contributed by atoms with van der Waals surface area (Å²) in [6.45, 7) is 0. The fraction of sp³-hybridized carbons (Fsp3) is 0.0833. The second-order valence-corrected chi connectivity index (χ2v) is 6.93. The van der Waals surface area contributed by atoms with E-state index in [-0.39, 0.29) is 11.8 Å². The summed E-state index contributed by atoms with van der Waals surface area (Å²) in [6.07, 6.45) is 1.52. The van der Waals surface area contributed by atoms with Crippen molar-refractivity contribution in [1.29, 1.82) is 0 Å². The average molecular weight is 351 g/mol. The Bertz CT molecular complexity index is 1240. The van der Waals surface area contributed by atoms with Crippen LogP contribution < -0.4 is 5.32 Å². The number of hydrogen-bond acceptors (Lipinski definition) is 2. The molecule has 1 N–H and O–H groups in total. The van der Waals surface area contributed by atoms with Crippen molar-refractivity contribution in [2.24, 2.45) is 0 Å². The third-order valence-electron chi connectivity index (χ3n) is 5.37. The molecule has 1 aliphatic rings. The predicted octanol–water partition coefficient (Wildman–Crippen LogP) is 4.66. The fourth-order valence-corrected chi connectivity index (χ4v) is 4.11. The van der Waals surface area contributed by atoms with Crippen molar-refractivity contribution >= 4 is 33.4 Å². The first-order valence-electron chi connectivity index (χ1n) is 9.09. The van der Waals surface area contributed by atoms with Crippen molar-refractivity contribution in [3.05, 3.63) is 95.1 Å². The number of carbonyl (C=O) groups excluding carboxylic acids is 2. The van der Waals surface area contributed by atoms with E-state index in [0.717, 1.165) is 12.0 Å². The van der Waals surface area contributed by atoms with Gasteiger partial charge in [-0.2, -0.15) is 0 Å². The second-order valence-electron chi connectivity index (χ2n) is 6.93. The molecule has 2 amide bonds. The number of hydrogen-bond donors (Lipinski definition) is 1. The first-order valence-corrected chi connectivity index (χ1v) is 9.09. The lowest BCUT2D eigenvalue weighted by Crippen LogP contribution is -2.20. The summed E-state index contributed by atoms with van der Waals surface area (Å²) >= 11 is 0. The number of carbonyl (C=O) groups is 2. The highest BCUT2D eigenvalue weighted by molar-refractivity contribution is 6.22. The van der Waals surface area contributed by atoms with Gasteiger partial charge in [-0.15, -0.1) is 0 Å². The van der Waals surface area contributed by atoms with Crippen molar-refractivity contribution in [1.82, 2.24) is 5.32 Å². The van der Waals surface area contributed by atoms with Gasteiger partial charge in [-0.3, -0.25) is 14.9 Å². The van der Waals surface area contributed by atoms with Crippen LogP contribution >= 0.6 is 0 Å². The van der Waals surface area contributed by atoms with Crippen LogP contribution in [0.1, 0.15) is 31.8 Å². The maximum absolute atomic E-state index is 12.2. The molecule has 4 aromatic rings. The first-order chi connectivity index (χ1) is 13.2. The van der Waals surface area contributed by atoms with E-state index in [9.17, 15) is 9.59 Å². The van der Waals surface area contributed by atoms with Crippen molar-refractivity contribution in [2.45, 2.75) is 12.8 Å². The van der Waals surface area contributed by atoms with E-state index in [1.165, 1.54) is 27.1 Å². The molecule has 0 atom stereocenters. The Hall–Kier alpha value is -3.46. The van der Waals surface area contributed by atoms with Crippen LogP contribution in [-0.4, -0.2) is 11.8 Å². The topological polar surface area (TPSA) is 46.2 Å². The normalized spacial score (nSPS) is 13.2. The number of rotatable bonds is 3. The number of benzene rings is 4. The molecule has 0 bridgehead atoms. The van der Waals surface area contributed by atoms with E-state index >= 15 is 0 Å². The van der Waals surface area contributed by atoms with E-state index in [1.807, 2.05) is 12.1 Å². The summed E-state index contributed by atoms with van der Waals surface area (Å²) in [6, 6.07) is 24.6. The van der Waals surface area contributed by atoms with Gasteiger partial charge in [0.15, 0.2) is 0 Å². The third kappa shape index (κ3) is 2.51. The summed E-state index contributed by atoms with van der Waals surface area (Å²) < 4.78 is 0. The van der Waals surface area contributed by atoms with Crippen LogP contribution in [0.2, 0.25) is 0 Å². The number of amides is 2. The van der Waals surface area contributed by atoms with Crippen LogP contribution in [0.3, 0.4) is 0 Å². The Morgan fingerprint density at radius 2 is 1.33 bits per heavy atom. The highest BCUT2D eigenvalue weighted by atomic mass is 16.2. The van der Waals surface area contributed by atoms with Crippen molar-refractivity contribution in [2.75, 3.05) is 0 Å². The van der Waals surface area contributed by atoms with Gasteiger partial charge in [0, 0.05) is 0 Å². The largest absolute Gasteiger partial charge is 0.288 e. The van der Waals surface area contributed by atoms with Crippen LogP contribution in [-0.2, 0) is 12.8 Å². The summed E-state index contributed by atoms with van der Waals surface area (Å²) in [5.74, 6) is -0.582. The molecule has 5 rings (SSSR count). The zero-order chi connectivity index (χ0) is 18.4. The average Bonchev–Trinajstić information content (AvgIpc) is 3.00. The smallest absolute Gasteiger partial charge is 0.259 e. The van der Waals surface area contributed by atoms with Crippen LogP contribution in [0.15, 0.2) is 72.8 Å². The van der Waals surface area contributed by atoms with E-state index in [4.69, 9.17) is 0 Å². The monoisotopic (exact) mass is 351 g/mol. The fourth-order valence-electron chi connectivity index (χ4n) is 4.11. The maximum atomic E-state index is 12.2. The molecule has 0 saturated carbocycles. The highest BCUT2D eigenvalue weighted by Crippen LogP contribution is 2.30. The lowest BCUT2D eigenvalue weighted by molar-refractivity contribution is 0.0879. The first kappa shape index (κ1) is 15.8. The summed E-state index contributed by atoms with van der Waals surface area (Å²) in [5.41, 5.74) is 3.20. The Kier molecular flexibility index (Phi) is 3.54. The van der Waals surface area contributed by atoms with Crippen LogP contribution in [0.25, 0.3) is 21.5 Å². The standard InChI is InChI=1S/C24H17NO2/c26-23-21-11-5-7-15(22(21)24(27)25-23)12-13-17-14-16-6-1-2-8-18(16)20-10-4-3-9-19(17)20/h1-11,14H,12-13H2,(H,25,26,27). The van der Waals surface area contributed by atoms with Gasteiger partial charge < -0.3 is 0 Å². The minimum atomic E-state index is -0.298. The Balaban J connectivity index is 1.58. The van der Waals surface area contributed by atoms with Gasteiger partial charge in [-0.1, -0.05) is 66.7 Å². The molecular weight excluding hydrogens is 334 g/mol. The summed E-state index contributed by atoms with van der Waals surface area (Å²) in [5, 5.41) is 7.36. The molecule has 27 heavy (non-hydrogen) atoms. The van der Waals surface area contributed by atoms with E-state index < -0.39 is 0 Å². The van der Waals surface area contributed by atoms with Gasteiger partial charge in [0.05, 0.1) is 11.1 Å². The molecule has 3 heteroatoms. The molecule has 3 nitrogen and oxygen atoms in total. The van der Waals surface area contributed by atoms with Crippen molar-refractivity contribution in [3.8, 4) is 0 Å². The van der Waals surface area contributed by atoms with Gasteiger partial charge in [0.2, 0.25) is 0 Å². The maximum Gasteiger partial charge on any atom is 0.259 e. The quantitative estimate of drug-likeness (QED) is 0.431. The molecule has 1 heterocycles. The molecule has 1 aliphatic heterocycles. The zero-order valence-electron chi connectivity index (χ0n) is 14.7. The molecule has 130 valence electrons. The predicted molar refractivity (Wildman–Crippen MR) is 107 cm³/mol. The number of nitrogens with one attached hydrogen (secondary N) is 1. The Morgan fingerprint density at radius 3 is 2.19 bits per heavy atom. The number of fused-ring (bicyclic) bond motifs is 4. The molecule has 4 aromatic carbocycles. The highest BCUT2D eigenvalue weighted by Gasteiger charge is 2.28. The van der Waals surface area contributed by atoms with Crippen LogP contribution in [0.5, 0.6) is 0 Å². The van der Waals surface area contributed by atoms with E-state index in [0.29, 0.717) is 17.5 Å². The minimum absolute atomic E-state index is 0.283. The molecule has 0 spiro atoms. The van der Waals surface area contributed by atoms with Crippen LogP contribution in [0, 0.1) is 0 Å². The Morgan fingerprint density at radius 1 is 0.630 bits per heavy atom. The summed E-state index contributed by atoms with van der Waals surface area (Å²) in [7, 11) is 0. The molecule has 0 aromatic heterocycles. The Labute approximate surface area is 156 Å². The zero-order valence-corrected chi connectivity index (χ0v) is 14.7. The van der Waals surface area contributed by atoms with Gasteiger partial charge >= 0.3 is 0 Å². The van der Waals surface area contributed by atoms with Crippen LogP contribution in [0.4, 0.5) is 0 Å². The lowest BCUT2D eigenvalue weighted by Gasteiger charge is -2.11. The van der Waals surface area contributed by atoms with Gasteiger partial charge in [0.25, 0.3) is 11.8 Å². The van der Waals surface area contributed by atoms with Gasteiger partial charge in [-0.25, -0.2) is 0 Å². The molecule has 0 saturated heterocycles. The van der Waals surface area contributed by atoms with Crippen molar-refractivity contribution in [3.63, 3.8) is 0 Å². The number of imide groups is 1. The number of aryl methyl sites for hydroxylation is 2. The second kappa shape index (κ2) is 6.06. The molecule has 0 radical (unpaired) electrons. The molecular formula is C24H17NO2. The molecule has 0 unspecified atom stereocenters. The molecule has 0 fully saturated rings. The lowest BCUT2D eigenvalue weighted by atomic mass is 9.92. The third-order valence-corrected chi connectivity index (χ3v) is 5.37. The molecule has 0 aliphatic carbocycles. The SMILES string of the molecule is O=C1NC(=O)c2c(CCc3cc4ccccc4c4ccccc34)cccc21. The van der Waals surface area contributed by atoms with E-state index in [2.05, 4.69) is 59.9 Å². The summed E-state index contributed by atoms with van der Waals surface area (Å²) in [4.78, 5) is 24.1. The minimum Gasteiger partial charge on any atom is -0.288 e. The van der Waals surface area contributed by atoms with Crippen molar-refractivity contribution < 1.29 is 9.59 Å². The van der Waals surface area contributed by atoms with Gasteiger partial charge in [-0.05, 0) is 51.6 Å². The van der Waals surface area contributed by atoms with Gasteiger partial charge in [0.1, 0.15) is 0 Å².